The number of ether oxygens (including phenoxy) is 1. The van der Waals surface area contributed by atoms with Gasteiger partial charge in [0.25, 0.3) is 0 Å². The Morgan fingerprint density at radius 1 is 1.35 bits per heavy atom. The Kier molecular flexibility index (Phi) is 4.75. The second-order valence-corrected chi connectivity index (χ2v) is 4.45. The van der Waals surface area contributed by atoms with Gasteiger partial charge < -0.3 is 14.5 Å². The molecule has 0 bridgehead atoms. The summed E-state index contributed by atoms with van der Waals surface area (Å²) < 4.78 is 10.6. The Labute approximate surface area is 118 Å². The van der Waals surface area contributed by atoms with Gasteiger partial charge in [0.15, 0.2) is 0 Å². The lowest BCUT2D eigenvalue weighted by atomic mass is 10.1. The lowest BCUT2D eigenvalue weighted by Crippen LogP contribution is -2.04. The molecule has 2 aromatic rings. The summed E-state index contributed by atoms with van der Waals surface area (Å²) in [6.07, 6.45) is 0.835. The van der Waals surface area contributed by atoms with E-state index in [1.807, 2.05) is 37.3 Å². The largest absolute Gasteiger partial charge is 0.419 e. The van der Waals surface area contributed by atoms with Crippen LogP contribution in [0.5, 0.6) is 0 Å². The number of anilines is 1. The molecule has 1 N–H and O–H groups in total. The first-order valence-corrected chi connectivity index (χ1v) is 6.45. The van der Waals surface area contributed by atoms with Crippen LogP contribution in [0.4, 0.5) is 5.88 Å². The van der Waals surface area contributed by atoms with Crippen LogP contribution in [0.2, 0.25) is 0 Å². The minimum Gasteiger partial charge on any atom is -0.419 e. The molecule has 104 valence electrons. The lowest BCUT2D eigenvalue weighted by molar-refractivity contribution is 0.197. The number of hydrogen-bond donors (Lipinski definition) is 1. The maximum absolute atomic E-state index is 9.09. The normalized spacial score (nSPS) is 10.2. The molecule has 0 amide bonds. The Morgan fingerprint density at radius 2 is 2.10 bits per heavy atom. The summed E-state index contributed by atoms with van der Waals surface area (Å²) in [5, 5.41) is 12.2. The second-order valence-electron chi connectivity index (χ2n) is 4.45. The molecule has 0 unspecified atom stereocenters. The highest BCUT2D eigenvalue weighted by Gasteiger charge is 2.13. The van der Waals surface area contributed by atoms with Crippen LogP contribution in [0, 0.1) is 18.3 Å². The Balaban J connectivity index is 2.14. The van der Waals surface area contributed by atoms with Gasteiger partial charge in [0.05, 0.1) is 0 Å². The van der Waals surface area contributed by atoms with Gasteiger partial charge in [-0.15, -0.1) is 0 Å². The fourth-order valence-corrected chi connectivity index (χ4v) is 1.75. The number of nitriles is 1. The van der Waals surface area contributed by atoms with E-state index in [0.717, 1.165) is 12.0 Å². The number of rotatable bonds is 6. The first-order valence-electron chi connectivity index (χ1n) is 6.45. The molecule has 5 heteroatoms. The molecule has 20 heavy (non-hydrogen) atoms. The molecular weight excluding hydrogens is 254 g/mol. The van der Waals surface area contributed by atoms with Crippen LogP contribution >= 0.6 is 0 Å². The second kappa shape index (κ2) is 6.73. The van der Waals surface area contributed by atoms with Crippen molar-refractivity contribution < 1.29 is 9.15 Å². The number of nitrogens with zero attached hydrogens (tertiary/aromatic N) is 2. The van der Waals surface area contributed by atoms with Crippen LogP contribution in [-0.4, -0.2) is 25.2 Å². The topological polar surface area (TPSA) is 71.1 Å². The summed E-state index contributed by atoms with van der Waals surface area (Å²) in [5.74, 6) is 0.870. The summed E-state index contributed by atoms with van der Waals surface area (Å²) in [6, 6.07) is 9.86. The van der Waals surface area contributed by atoms with Crippen LogP contribution in [0.3, 0.4) is 0 Å². The molecule has 0 spiro atoms. The van der Waals surface area contributed by atoms with E-state index in [0.29, 0.717) is 24.9 Å². The third-order valence-corrected chi connectivity index (χ3v) is 2.84. The van der Waals surface area contributed by atoms with E-state index in [-0.39, 0.29) is 5.69 Å². The van der Waals surface area contributed by atoms with E-state index in [1.54, 1.807) is 7.11 Å². The number of methoxy groups -OCH3 is 1. The minimum atomic E-state index is 0.276. The van der Waals surface area contributed by atoms with Crippen LogP contribution in [0.15, 0.2) is 28.7 Å². The van der Waals surface area contributed by atoms with Gasteiger partial charge in [0.1, 0.15) is 6.07 Å². The summed E-state index contributed by atoms with van der Waals surface area (Å²) in [4.78, 5) is 4.21. The Morgan fingerprint density at radius 3 is 2.75 bits per heavy atom. The monoisotopic (exact) mass is 271 g/mol. The fraction of sp³-hybridized carbons (Fsp3) is 0.333. The van der Waals surface area contributed by atoms with Crippen LogP contribution in [0.25, 0.3) is 11.5 Å². The Bertz CT molecular complexity index is 597. The van der Waals surface area contributed by atoms with Crippen molar-refractivity contribution in [2.24, 2.45) is 0 Å². The molecule has 0 atom stereocenters. The molecule has 1 heterocycles. The number of nitrogens with one attached hydrogen (secondary N) is 1. The van der Waals surface area contributed by atoms with Gasteiger partial charge in [0, 0.05) is 25.8 Å². The van der Waals surface area contributed by atoms with Crippen molar-refractivity contribution in [3.63, 3.8) is 0 Å². The van der Waals surface area contributed by atoms with E-state index in [4.69, 9.17) is 14.4 Å². The van der Waals surface area contributed by atoms with Crippen molar-refractivity contribution in [2.75, 3.05) is 25.6 Å². The van der Waals surface area contributed by atoms with Crippen LogP contribution in [0.1, 0.15) is 17.7 Å². The van der Waals surface area contributed by atoms with Crippen LogP contribution < -0.4 is 5.32 Å². The summed E-state index contributed by atoms with van der Waals surface area (Å²) in [5.41, 5.74) is 2.30. The summed E-state index contributed by atoms with van der Waals surface area (Å²) >= 11 is 0. The van der Waals surface area contributed by atoms with Gasteiger partial charge >= 0.3 is 0 Å². The molecule has 1 aromatic carbocycles. The van der Waals surface area contributed by atoms with Gasteiger partial charge in [-0.3, -0.25) is 0 Å². The average Bonchev–Trinajstić information content (AvgIpc) is 2.87. The van der Waals surface area contributed by atoms with Gasteiger partial charge in [0.2, 0.25) is 17.5 Å². The molecule has 1 aromatic heterocycles. The zero-order valence-corrected chi connectivity index (χ0v) is 11.6. The minimum absolute atomic E-state index is 0.276. The number of benzene rings is 1. The van der Waals surface area contributed by atoms with Gasteiger partial charge in [-0.25, -0.2) is 0 Å². The third kappa shape index (κ3) is 3.37. The maximum Gasteiger partial charge on any atom is 0.232 e. The molecule has 0 fully saturated rings. The molecule has 2 rings (SSSR count). The highest BCUT2D eigenvalue weighted by molar-refractivity contribution is 5.59. The Hall–Kier alpha value is -2.32. The fourth-order valence-electron chi connectivity index (χ4n) is 1.75. The highest BCUT2D eigenvalue weighted by Crippen LogP contribution is 2.25. The first-order chi connectivity index (χ1) is 9.74. The number of oxazole rings is 1. The van der Waals surface area contributed by atoms with E-state index < -0.39 is 0 Å². The van der Waals surface area contributed by atoms with Crippen molar-refractivity contribution in [1.29, 1.82) is 5.26 Å². The summed E-state index contributed by atoms with van der Waals surface area (Å²) in [7, 11) is 1.66. The highest BCUT2D eigenvalue weighted by atomic mass is 16.5. The van der Waals surface area contributed by atoms with Gasteiger partial charge in [-0.05, 0) is 25.5 Å². The molecule has 0 saturated carbocycles. The zero-order valence-electron chi connectivity index (χ0n) is 11.6. The smallest absolute Gasteiger partial charge is 0.232 e. The van der Waals surface area contributed by atoms with Crippen LogP contribution in [-0.2, 0) is 4.74 Å². The average molecular weight is 271 g/mol. The van der Waals surface area contributed by atoms with E-state index in [1.165, 1.54) is 5.56 Å². The number of hydrogen-bond acceptors (Lipinski definition) is 5. The predicted octanol–water partition coefficient (Wildman–Crippen LogP) is 2.97. The van der Waals surface area contributed by atoms with E-state index in [2.05, 4.69) is 10.3 Å². The van der Waals surface area contributed by atoms with Crippen molar-refractivity contribution in [1.82, 2.24) is 4.98 Å². The quantitative estimate of drug-likeness (QED) is 0.818. The van der Waals surface area contributed by atoms with E-state index >= 15 is 0 Å². The molecule has 0 radical (unpaired) electrons. The van der Waals surface area contributed by atoms with Crippen molar-refractivity contribution >= 4 is 5.88 Å². The number of aromatic nitrogens is 1. The number of aryl methyl sites for hydroxylation is 1. The summed E-state index contributed by atoms with van der Waals surface area (Å²) in [6.45, 7) is 3.35. The van der Waals surface area contributed by atoms with Crippen molar-refractivity contribution in [2.45, 2.75) is 13.3 Å². The molecule has 0 aliphatic heterocycles. The molecule has 0 aliphatic carbocycles. The SMILES string of the molecule is COCCCNc1oc(-c2ccc(C)cc2)nc1C#N. The molecule has 0 aliphatic rings. The standard InChI is InChI=1S/C15H17N3O2/c1-11-4-6-12(7-5-11)14-18-13(10-16)15(20-14)17-8-3-9-19-2/h4-7,17H,3,8-9H2,1-2H3. The lowest BCUT2D eigenvalue weighted by Gasteiger charge is -2.01. The maximum atomic E-state index is 9.09. The predicted molar refractivity (Wildman–Crippen MR) is 76.4 cm³/mol. The van der Waals surface area contributed by atoms with Crippen molar-refractivity contribution in [3.8, 4) is 17.5 Å². The third-order valence-electron chi connectivity index (χ3n) is 2.84. The van der Waals surface area contributed by atoms with Gasteiger partial charge in [-0.2, -0.15) is 10.2 Å². The van der Waals surface area contributed by atoms with Gasteiger partial charge in [-0.1, -0.05) is 17.7 Å². The zero-order chi connectivity index (χ0) is 14.4. The molecular formula is C15H17N3O2. The first kappa shape index (κ1) is 14.1. The van der Waals surface area contributed by atoms with E-state index in [9.17, 15) is 0 Å². The molecule has 0 saturated heterocycles. The molecule has 5 nitrogen and oxygen atoms in total. The van der Waals surface area contributed by atoms with Crippen molar-refractivity contribution in [3.05, 3.63) is 35.5 Å².